The van der Waals surface area contributed by atoms with Crippen molar-refractivity contribution in [2.45, 2.75) is 72.0 Å². The third kappa shape index (κ3) is 7.11. The van der Waals surface area contributed by atoms with Gasteiger partial charge in [0.05, 0.1) is 22.7 Å². The van der Waals surface area contributed by atoms with Crippen LogP contribution in [0.1, 0.15) is 54.4 Å². The van der Waals surface area contributed by atoms with Gasteiger partial charge >= 0.3 is 0 Å². The second-order valence-electron chi connectivity index (χ2n) is 10.9. The van der Waals surface area contributed by atoms with Gasteiger partial charge in [-0.3, -0.25) is 4.79 Å². The van der Waals surface area contributed by atoms with E-state index < -0.39 is 0 Å². The first-order valence-corrected chi connectivity index (χ1v) is 12.7. The molecule has 0 atom stereocenters. The maximum absolute atomic E-state index is 13.3. The first-order valence-electron chi connectivity index (χ1n) is 11.9. The summed E-state index contributed by atoms with van der Waals surface area (Å²) in [4.78, 5) is 13.3. The van der Waals surface area contributed by atoms with Gasteiger partial charge in [-0.25, -0.2) is 0 Å². The van der Waals surface area contributed by atoms with E-state index >= 15 is 0 Å². The minimum absolute atomic E-state index is 0.0434. The first-order chi connectivity index (χ1) is 15.9. The van der Waals surface area contributed by atoms with E-state index in [1.165, 1.54) is 0 Å². The summed E-state index contributed by atoms with van der Waals surface area (Å²) in [6.45, 7) is 15.9. The number of nitrogens with zero attached hydrogens (tertiary/aromatic N) is 1. The summed E-state index contributed by atoms with van der Waals surface area (Å²) in [5, 5.41) is 9.10. The van der Waals surface area contributed by atoms with Crippen molar-refractivity contribution in [3.05, 3.63) is 50.6 Å². The average Bonchev–Trinajstić information content (AvgIpc) is 2.71. The Morgan fingerprint density at radius 1 is 0.882 bits per heavy atom. The van der Waals surface area contributed by atoms with E-state index in [-0.39, 0.29) is 16.5 Å². The van der Waals surface area contributed by atoms with Gasteiger partial charge in [0.25, 0.3) is 0 Å². The number of halogens is 2. The average molecular weight is 507 g/mol. The van der Waals surface area contributed by atoms with Crippen LogP contribution in [0.15, 0.2) is 35.1 Å². The molecule has 0 radical (unpaired) electrons. The summed E-state index contributed by atoms with van der Waals surface area (Å²) in [6, 6.07) is 9.07. The van der Waals surface area contributed by atoms with Crippen LogP contribution < -0.4 is 20.8 Å². The third-order valence-electron chi connectivity index (χ3n) is 5.51. The highest BCUT2D eigenvalue weighted by Crippen LogP contribution is 2.31. The highest BCUT2D eigenvalue weighted by atomic mass is 35.5. The lowest BCUT2D eigenvalue weighted by Gasteiger charge is -2.22. The summed E-state index contributed by atoms with van der Waals surface area (Å²) in [5.74, 6) is 0.744. The molecule has 0 saturated carbocycles. The summed E-state index contributed by atoms with van der Waals surface area (Å²) < 4.78 is 8.16. The molecule has 0 aliphatic carbocycles. The van der Waals surface area contributed by atoms with Gasteiger partial charge in [-0.1, -0.05) is 23.2 Å². The molecule has 1 heterocycles. The Labute approximate surface area is 212 Å². The van der Waals surface area contributed by atoms with E-state index in [1.54, 1.807) is 12.1 Å². The lowest BCUT2D eigenvalue weighted by Crippen LogP contribution is -2.36. The zero-order chi connectivity index (χ0) is 25.1. The molecule has 0 aliphatic rings. The molecule has 0 saturated heterocycles. The number of rotatable bonds is 9. The predicted octanol–water partition coefficient (Wildman–Crippen LogP) is 6.40. The number of hydrogen-bond donors (Lipinski definition) is 2. The van der Waals surface area contributed by atoms with Crippen molar-refractivity contribution in [1.29, 1.82) is 0 Å². The zero-order valence-electron chi connectivity index (χ0n) is 21.1. The normalized spacial score (nSPS) is 12.6. The molecular weight excluding hydrogens is 469 g/mol. The van der Waals surface area contributed by atoms with Crippen LogP contribution in [0.4, 0.5) is 0 Å². The van der Waals surface area contributed by atoms with Gasteiger partial charge in [0.15, 0.2) is 5.43 Å². The van der Waals surface area contributed by atoms with Gasteiger partial charge in [-0.2, -0.15) is 0 Å². The van der Waals surface area contributed by atoms with Crippen LogP contribution >= 0.6 is 23.2 Å². The van der Waals surface area contributed by atoms with Crippen LogP contribution in [0.3, 0.4) is 0 Å². The molecule has 1 aromatic heterocycles. The van der Waals surface area contributed by atoms with Crippen LogP contribution in [-0.4, -0.2) is 35.3 Å². The van der Waals surface area contributed by atoms with E-state index in [4.69, 9.17) is 27.9 Å². The summed E-state index contributed by atoms with van der Waals surface area (Å²) in [7, 11) is 0. The Balaban J connectivity index is 1.94. The fourth-order valence-corrected chi connectivity index (χ4v) is 4.55. The zero-order valence-corrected chi connectivity index (χ0v) is 22.7. The van der Waals surface area contributed by atoms with Gasteiger partial charge in [0, 0.05) is 39.5 Å². The first kappa shape index (κ1) is 26.8. The Bertz CT molecular complexity index is 1210. The van der Waals surface area contributed by atoms with Crippen molar-refractivity contribution >= 4 is 45.0 Å². The molecule has 2 N–H and O–H groups in total. The Kier molecular flexibility index (Phi) is 8.56. The van der Waals surface area contributed by atoms with Crippen LogP contribution in [0.2, 0.25) is 10.0 Å². The number of benzene rings is 2. The monoisotopic (exact) mass is 505 g/mol. The highest BCUT2D eigenvalue weighted by Gasteiger charge is 2.16. The van der Waals surface area contributed by atoms with E-state index in [0.717, 1.165) is 37.2 Å². The minimum atomic E-state index is -0.0700. The number of nitrogens with one attached hydrogen (secondary N) is 2. The molecule has 3 rings (SSSR count). The third-order valence-corrected chi connectivity index (χ3v) is 6.01. The quantitative estimate of drug-likeness (QED) is 0.261. The summed E-state index contributed by atoms with van der Waals surface area (Å²) in [6.07, 6.45) is 1.77. The van der Waals surface area contributed by atoms with E-state index in [0.29, 0.717) is 39.5 Å². The molecule has 0 unspecified atom stereocenters. The van der Waals surface area contributed by atoms with Crippen LogP contribution in [0.5, 0.6) is 5.75 Å². The highest BCUT2D eigenvalue weighted by molar-refractivity contribution is 6.38. The molecule has 3 aromatic rings. The summed E-state index contributed by atoms with van der Waals surface area (Å²) >= 11 is 12.9. The van der Waals surface area contributed by atoms with Crippen molar-refractivity contribution in [3.63, 3.8) is 0 Å². The second kappa shape index (κ2) is 10.9. The molecule has 0 spiro atoms. The lowest BCUT2D eigenvalue weighted by molar-refractivity contribution is 0.298. The molecule has 2 aromatic carbocycles. The fraction of sp³-hybridized carbons (Fsp3) is 0.519. The molecule has 0 aliphatic heterocycles. The number of pyridine rings is 1. The minimum Gasteiger partial charge on any atom is -0.493 e. The maximum Gasteiger partial charge on any atom is 0.197 e. The number of hydrogen-bond acceptors (Lipinski definition) is 4. The van der Waals surface area contributed by atoms with Crippen molar-refractivity contribution in [1.82, 2.24) is 15.2 Å². The largest absolute Gasteiger partial charge is 0.493 e. The van der Waals surface area contributed by atoms with Gasteiger partial charge in [0.2, 0.25) is 0 Å². The van der Waals surface area contributed by atoms with Crippen LogP contribution in [0, 0.1) is 0 Å². The van der Waals surface area contributed by atoms with Gasteiger partial charge in [-0.05, 0) is 91.7 Å². The van der Waals surface area contributed by atoms with Crippen molar-refractivity contribution in [3.8, 4) is 5.75 Å². The number of aryl methyl sites for hydroxylation is 1. The van der Waals surface area contributed by atoms with Crippen LogP contribution in [-0.2, 0) is 6.54 Å². The van der Waals surface area contributed by atoms with Crippen molar-refractivity contribution in [2.24, 2.45) is 0 Å². The Morgan fingerprint density at radius 3 is 2.18 bits per heavy atom. The molecule has 0 fully saturated rings. The molecule has 5 nitrogen and oxygen atoms in total. The van der Waals surface area contributed by atoms with E-state index in [2.05, 4.69) is 56.7 Å². The smallest absolute Gasteiger partial charge is 0.197 e. The molecule has 7 heteroatoms. The van der Waals surface area contributed by atoms with Gasteiger partial charge < -0.3 is 19.9 Å². The predicted molar refractivity (Wildman–Crippen MR) is 146 cm³/mol. The van der Waals surface area contributed by atoms with Gasteiger partial charge in [0.1, 0.15) is 5.75 Å². The molecular formula is C27H37Cl2N3O2. The van der Waals surface area contributed by atoms with Crippen molar-refractivity contribution in [2.75, 3.05) is 19.7 Å². The standard InChI is InChI=1S/C27H37Cl2N3O2/c1-26(2,3)30-11-7-13-32-23-17-19(34-14-8-12-31-27(4,5)6)9-10-20(23)25(33)21-15-18(28)16-22(29)24(21)32/h9-10,15-17,30-31H,7-8,11-14H2,1-6H3. The molecule has 0 amide bonds. The molecule has 0 bridgehead atoms. The van der Waals surface area contributed by atoms with Gasteiger partial charge in [-0.15, -0.1) is 0 Å². The summed E-state index contributed by atoms with van der Waals surface area (Å²) in [5.41, 5.74) is 1.60. The molecule has 186 valence electrons. The Morgan fingerprint density at radius 2 is 1.53 bits per heavy atom. The topological polar surface area (TPSA) is 55.3 Å². The maximum atomic E-state index is 13.3. The van der Waals surface area contributed by atoms with Crippen LogP contribution in [0.25, 0.3) is 21.8 Å². The fourth-order valence-electron chi connectivity index (χ4n) is 3.95. The van der Waals surface area contributed by atoms with E-state index in [9.17, 15) is 4.79 Å². The Hall–Kier alpha value is -1.79. The lowest BCUT2D eigenvalue weighted by atomic mass is 10.1. The number of ether oxygens (including phenoxy) is 1. The SMILES string of the molecule is CC(C)(C)NCCCOc1ccc2c(=O)c3cc(Cl)cc(Cl)c3n(CCCNC(C)(C)C)c2c1. The van der Waals surface area contributed by atoms with E-state index in [1.807, 2.05) is 18.2 Å². The second-order valence-corrected chi connectivity index (χ2v) is 11.7. The number of fused-ring (bicyclic) bond motifs is 2. The number of aromatic nitrogens is 1. The molecule has 34 heavy (non-hydrogen) atoms. The van der Waals surface area contributed by atoms with Crippen molar-refractivity contribution < 1.29 is 4.74 Å².